The van der Waals surface area contributed by atoms with Crippen LogP contribution in [0.15, 0.2) is 42.2 Å². The smallest absolute Gasteiger partial charge is 0.337 e. The Morgan fingerprint density at radius 2 is 2.00 bits per heavy atom. The molecule has 1 aromatic rings. The average molecular weight is 232 g/mol. The zero-order valence-corrected chi connectivity index (χ0v) is 10.1. The van der Waals surface area contributed by atoms with E-state index in [0.29, 0.717) is 11.5 Å². The van der Waals surface area contributed by atoms with E-state index < -0.39 is 0 Å². The van der Waals surface area contributed by atoms with Crippen LogP contribution in [-0.4, -0.2) is 20.2 Å². The van der Waals surface area contributed by atoms with Gasteiger partial charge in [0.1, 0.15) is 0 Å². The first-order chi connectivity index (χ1) is 8.27. The van der Waals surface area contributed by atoms with E-state index in [1.54, 1.807) is 7.11 Å². The minimum atomic E-state index is -0.296. The number of ether oxygens (including phenoxy) is 2. The Balaban J connectivity index is 2.11. The number of rotatable bonds is 4. The number of hydrogen-bond donors (Lipinski definition) is 0. The third-order valence-corrected chi connectivity index (χ3v) is 3.08. The molecule has 0 spiro atoms. The molecule has 1 aromatic carbocycles. The third kappa shape index (κ3) is 2.49. The Morgan fingerprint density at radius 1 is 1.29 bits per heavy atom. The predicted molar refractivity (Wildman–Crippen MR) is 64.4 cm³/mol. The Hall–Kier alpha value is -1.77. The fourth-order valence-electron chi connectivity index (χ4n) is 2.14. The van der Waals surface area contributed by atoms with Gasteiger partial charge in [0.25, 0.3) is 0 Å². The summed E-state index contributed by atoms with van der Waals surface area (Å²) in [7, 11) is 2.94. The number of methoxy groups -OCH3 is 2. The van der Waals surface area contributed by atoms with Crippen molar-refractivity contribution in [2.75, 3.05) is 14.2 Å². The van der Waals surface area contributed by atoms with E-state index >= 15 is 0 Å². The van der Waals surface area contributed by atoms with Gasteiger partial charge in [0.2, 0.25) is 0 Å². The number of carbonyl (C=O) groups excluding carboxylic acids is 1. The average Bonchev–Trinajstić information content (AvgIpc) is 3.16. The first-order valence-corrected chi connectivity index (χ1v) is 5.64. The first-order valence-electron chi connectivity index (χ1n) is 5.64. The van der Waals surface area contributed by atoms with E-state index in [2.05, 4.69) is 12.1 Å². The lowest BCUT2D eigenvalue weighted by molar-refractivity contribution is -0.136. The van der Waals surface area contributed by atoms with Gasteiger partial charge in [0.15, 0.2) is 0 Å². The van der Waals surface area contributed by atoms with Gasteiger partial charge in [-0.3, -0.25) is 0 Å². The molecule has 0 aromatic heterocycles. The molecule has 0 radical (unpaired) electrons. The molecule has 0 N–H and O–H groups in total. The lowest BCUT2D eigenvalue weighted by atomic mass is 10.1. The molecule has 1 aliphatic rings. The van der Waals surface area contributed by atoms with Crippen LogP contribution in [0.3, 0.4) is 0 Å². The van der Waals surface area contributed by atoms with Crippen LogP contribution in [0.5, 0.6) is 0 Å². The monoisotopic (exact) mass is 232 g/mol. The van der Waals surface area contributed by atoms with Gasteiger partial charge in [-0.15, -0.1) is 0 Å². The van der Waals surface area contributed by atoms with Gasteiger partial charge in [-0.25, -0.2) is 4.79 Å². The van der Waals surface area contributed by atoms with Crippen LogP contribution in [0.2, 0.25) is 0 Å². The number of carbonyl (C=O) groups is 1. The molecular weight excluding hydrogens is 216 g/mol. The quantitative estimate of drug-likeness (QED) is 0.454. The molecule has 0 bridgehead atoms. The summed E-state index contributed by atoms with van der Waals surface area (Å²) in [6.07, 6.45) is 2.48. The largest absolute Gasteiger partial charge is 0.504 e. The molecule has 90 valence electrons. The van der Waals surface area contributed by atoms with Crippen molar-refractivity contribution in [3.05, 3.63) is 47.7 Å². The number of esters is 1. The van der Waals surface area contributed by atoms with Crippen molar-refractivity contribution < 1.29 is 14.3 Å². The van der Waals surface area contributed by atoms with Crippen molar-refractivity contribution in [2.45, 2.75) is 12.3 Å². The van der Waals surface area contributed by atoms with Crippen LogP contribution in [0.1, 0.15) is 17.9 Å². The SMILES string of the molecule is CO/C=C(/C(=O)OC)[C@@H]1C[C@H]1c1ccccc1. The molecule has 0 heterocycles. The van der Waals surface area contributed by atoms with Gasteiger partial charge in [0.05, 0.1) is 26.1 Å². The molecule has 1 saturated carbocycles. The van der Waals surface area contributed by atoms with E-state index in [1.807, 2.05) is 18.2 Å². The van der Waals surface area contributed by atoms with Crippen molar-refractivity contribution >= 4 is 5.97 Å². The second-order valence-corrected chi connectivity index (χ2v) is 4.16. The number of hydrogen-bond acceptors (Lipinski definition) is 3. The van der Waals surface area contributed by atoms with Gasteiger partial charge in [0, 0.05) is 5.92 Å². The van der Waals surface area contributed by atoms with Gasteiger partial charge in [-0.1, -0.05) is 30.3 Å². The molecule has 2 rings (SSSR count). The fourth-order valence-corrected chi connectivity index (χ4v) is 2.14. The van der Waals surface area contributed by atoms with Crippen LogP contribution in [0, 0.1) is 5.92 Å². The van der Waals surface area contributed by atoms with E-state index in [0.717, 1.165) is 6.42 Å². The fraction of sp³-hybridized carbons (Fsp3) is 0.357. The lowest BCUT2D eigenvalue weighted by Gasteiger charge is -2.04. The summed E-state index contributed by atoms with van der Waals surface area (Å²) in [5.74, 6) is 0.344. The van der Waals surface area contributed by atoms with E-state index in [1.165, 1.54) is 18.9 Å². The number of benzene rings is 1. The maximum atomic E-state index is 11.6. The molecule has 0 aliphatic heterocycles. The normalized spacial score (nSPS) is 23.1. The third-order valence-electron chi connectivity index (χ3n) is 3.08. The summed E-state index contributed by atoms with van der Waals surface area (Å²) in [5, 5.41) is 0. The van der Waals surface area contributed by atoms with Crippen LogP contribution < -0.4 is 0 Å². The van der Waals surface area contributed by atoms with E-state index in [4.69, 9.17) is 9.47 Å². The Bertz CT molecular complexity index is 422. The van der Waals surface area contributed by atoms with Gasteiger partial charge in [-0.05, 0) is 17.9 Å². The topological polar surface area (TPSA) is 35.5 Å². The van der Waals surface area contributed by atoms with E-state index in [-0.39, 0.29) is 11.9 Å². The molecule has 0 unspecified atom stereocenters. The molecule has 0 amide bonds. The Kier molecular flexibility index (Phi) is 3.47. The van der Waals surface area contributed by atoms with E-state index in [9.17, 15) is 4.79 Å². The first kappa shape index (κ1) is 11.7. The van der Waals surface area contributed by atoms with Crippen LogP contribution in [0.4, 0.5) is 0 Å². The van der Waals surface area contributed by atoms with Crippen molar-refractivity contribution in [2.24, 2.45) is 5.92 Å². The summed E-state index contributed by atoms with van der Waals surface area (Å²) in [6, 6.07) is 10.2. The molecule has 3 nitrogen and oxygen atoms in total. The minimum Gasteiger partial charge on any atom is -0.504 e. The predicted octanol–water partition coefficient (Wildman–Crippen LogP) is 2.49. The Labute approximate surface area is 101 Å². The molecular formula is C14H16O3. The van der Waals surface area contributed by atoms with Crippen molar-refractivity contribution in [1.82, 2.24) is 0 Å². The summed E-state index contributed by atoms with van der Waals surface area (Å²) >= 11 is 0. The standard InChI is InChI=1S/C14H16O3/c1-16-9-13(14(15)17-2)12-8-11(12)10-6-4-3-5-7-10/h3-7,9,11-12H,8H2,1-2H3/b13-9+/t11-,12+/m0/s1. The zero-order chi connectivity index (χ0) is 12.3. The van der Waals surface area contributed by atoms with Gasteiger partial charge >= 0.3 is 5.97 Å². The van der Waals surface area contributed by atoms with Crippen molar-refractivity contribution in [3.8, 4) is 0 Å². The molecule has 17 heavy (non-hydrogen) atoms. The highest BCUT2D eigenvalue weighted by atomic mass is 16.5. The Morgan fingerprint density at radius 3 is 2.59 bits per heavy atom. The molecule has 3 heteroatoms. The second kappa shape index (κ2) is 5.04. The lowest BCUT2D eigenvalue weighted by Crippen LogP contribution is -2.07. The van der Waals surface area contributed by atoms with Gasteiger partial charge in [-0.2, -0.15) is 0 Å². The minimum absolute atomic E-state index is 0.227. The second-order valence-electron chi connectivity index (χ2n) is 4.16. The molecule has 1 aliphatic carbocycles. The van der Waals surface area contributed by atoms with Crippen LogP contribution in [-0.2, 0) is 14.3 Å². The summed E-state index contributed by atoms with van der Waals surface area (Å²) in [4.78, 5) is 11.6. The molecule has 1 fully saturated rings. The van der Waals surface area contributed by atoms with Crippen molar-refractivity contribution in [3.63, 3.8) is 0 Å². The summed E-state index contributed by atoms with van der Waals surface area (Å²) in [6.45, 7) is 0. The van der Waals surface area contributed by atoms with Gasteiger partial charge < -0.3 is 9.47 Å². The van der Waals surface area contributed by atoms with Crippen LogP contribution >= 0.6 is 0 Å². The highest BCUT2D eigenvalue weighted by Crippen LogP contribution is 2.51. The highest BCUT2D eigenvalue weighted by molar-refractivity contribution is 5.89. The highest BCUT2D eigenvalue weighted by Gasteiger charge is 2.44. The molecule has 2 atom stereocenters. The maximum absolute atomic E-state index is 11.6. The zero-order valence-electron chi connectivity index (χ0n) is 10.1. The van der Waals surface area contributed by atoms with Crippen LogP contribution in [0.25, 0.3) is 0 Å². The van der Waals surface area contributed by atoms with Crippen molar-refractivity contribution in [1.29, 1.82) is 0 Å². The summed E-state index contributed by atoms with van der Waals surface area (Å²) < 4.78 is 9.71. The maximum Gasteiger partial charge on any atom is 0.337 e. The summed E-state index contributed by atoms with van der Waals surface area (Å²) in [5.41, 5.74) is 1.90. The molecule has 0 saturated heterocycles.